The van der Waals surface area contributed by atoms with Gasteiger partial charge >= 0.3 is 6.09 Å². The monoisotopic (exact) mass is 621 g/mol. The van der Waals surface area contributed by atoms with Crippen LogP contribution in [0.3, 0.4) is 0 Å². The number of nitrogens with one attached hydrogen (secondary N) is 2. The van der Waals surface area contributed by atoms with E-state index in [2.05, 4.69) is 10.6 Å². The molecule has 2 heterocycles. The summed E-state index contributed by atoms with van der Waals surface area (Å²) in [5, 5.41) is 18.9. The van der Waals surface area contributed by atoms with Gasteiger partial charge in [0, 0.05) is 17.2 Å². The van der Waals surface area contributed by atoms with Crippen molar-refractivity contribution in [2.24, 2.45) is 5.92 Å². The molecule has 2 atom stereocenters. The highest BCUT2D eigenvalue weighted by atomic mass is 35.5. The van der Waals surface area contributed by atoms with Gasteiger partial charge in [0.15, 0.2) is 12.0 Å². The number of amides is 2. The number of benzene rings is 3. The smallest absolute Gasteiger partial charge is 0.411 e. The summed E-state index contributed by atoms with van der Waals surface area (Å²) < 4.78 is 40.6. The van der Waals surface area contributed by atoms with Crippen molar-refractivity contribution in [2.45, 2.75) is 32.1 Å². The van der Waals surface area contributed by atoms with Crippen LogP contribution in [0.15, 0.2) is 66.9 Å². The number of hydrogen-bond donors (Lipinski definition) is 2. The summed E-state index contributed by atoms with van der Waals surface area (Å²) in [7, 11) is 2.62. The van der Waals surface area contributed by atoms with E-state index in [1.54, 1.807) is 18.2 Å². The van der Waals surface area contributed by atoms with Crippen LogP contribution in [-0.2, 0) is 9.53 Å². The van der Waals surface area contributed by atoms with Crippen molar-refractivity contribution < 1.29 is 32.6 Å². The number of methoxy groups -OCH3 is 2. The fourth-order valence-corrected chi connectivity index (χ4v) is 5.64. The molecule has 5 rings (SSSR count). The van der Waals surface area contributed by atoms with Crippen molar-refractivity contribution in [2.75, 3.05) is 24.9 Å². The second-order valence-corrected chi connectivity index (χ2v) is 11.0. The minimum atomic E-state index is -0.993. The molecule has 0 unspecified atom stereocenters. The van der Waals surface area contributed by atoms with E-state index in [1.807, 2.05) is 31.2 Å². The van der Waals surface area contributed by atoms with E-state index in [1.165, 1.54) is 20.3 Å². The zero-order valence-electron chi connectivity index (χ0n) is 24.2. The van der Waals surface area contributed by atoms with E-state index in [9.17, 15) is 23.6 Å². The number of carbonyl (C=O) groups excluding carboxylic acids is 2. The second kappa shape index (κ2) is 12.9. The third-order valence-corrected chi connectivity index (χ3v) is 8.11. The lowest BCUT2D eigenvalue weighted by Gasteiger charge is -2.22. The molecule has 0 saturated carbocycles. The maximum atomic E-state index is 14.9. The Kier molecular flexibility index (Phi) is 9.01. The Hall–Kier alpha value is -4.70. The van der Waals surface area contributed by atoms with E-state index in [4.69, 9.17) is 21.1 Å². The predicted octanol–water partition coefficient (Wildman–Crippen LogP) is 7.66. The highest BCUT2D eigenvalue weighted by Crippen LogP contribution is 2.40. The van der Waals surface area contributed by atoms with Crippen LogP contribution in [-0.4, -0.2) is 26.2 Å². The summed E-state index contributed by atoms with van der Waals surface area (Å²) in [6, 6.07) is 16.4. The summed E-state index contributed by atoms with van der Waals surface area (Å²) in [6.45, 7) is 1.82. The van der Waals surface area contributed by atoms with Crippen LogP contribution in [0.2, 0.25) is 5.02 Å². The lowest BCUT2D eigenvalue weighted by molar-refractivity contribution is -0.614. The van der Waals surface area contributed by atoms with Crippen LogP contribution in [0.25, 0.3) is 22.3 Å². The van der Waals surface area contributed by atoms with E-state index in [-0.39, 0.29) is 28.2 Å². The Morgan fingerprint density at radius 3 is 2.61 bits per heavy atom. The molecule has 3 aromatic carbocycles. The Morgan fingerprint density at radius 2 is 1.86 bits per heavy atom. The van der Waals surface area contributed by atoms with E-state index in [0.717, 1.165) is 29.5 Å². The lowest BCUT2D eigenvalue weighted by Crippen LogP contribution is -2.34. The molecule has 1 aliphatic heterocycles. The SMILES string of the molecule is COC(=O)Nc1ccc2c(c1)NC(=O)[C@H](C)CCC[C@H](c1cc(OC)c(-c3c(F)ccc(Cl)c3F)c[n+]1[O-])c1cccc-2c1. The van der Waals surface area contributed by atoms with E-state index < -0.39 is 29.2 Å². The summed E-state index contributed by atoms with van der Waals surface area (Å²) in [6.07, 6.45) is 2.11. The number of aromatic nitrogens is 1. The topological polar surface area (TPSA) is 104 Å². The van der Waals surface area contributed by atoms with Gasteiger partial charge in [-0.1, -0.05) is 55.3 Å². The maximum absolute atomic E-state index is 14.9. The zero-order valence-corrected chi connectivity index (χ0v) is 25.0. The third-order valence-electron chi connectivity index (χ3n) is 7.82. The number of anilines is 2. The van der Waals surface area contributed by atoms with Gasteiger partial charge in [0.2, 0.25) is 11.6 Å². The largest absolute Gasteiger partial charge is 0.618 e. The first-order valence-corrected chi connectivity index (χ1v) is 14.3. The Bertz CT molecular complexity index is 1750. The number of halogens is 3. The normalized spacial score (nSPS) is 16.5. The van der Waals surface area contributed by atoms with Crippen molar-refractivity contribution in [1.82, 2.24) is 0 Å². The molecular weight excluding hydrogens is 592 g/mol. The lowest BCUT2D eigenvalue weighted by atomic mass is 9.86. The standard InChI is InChI=1S/C33H30ClF2N3O5/c1-18-6-4-9-23(28-16-29(43-2)24(17-39(28)42)30-26(35)13-12-25(34)31(30)36)20-8-5-7-19(14-20)22-11-10-21(37-33(41)44-3)15-27(22)38-32(18)40/h5,7-8,10-18,23H,4,6,9H2,1-3H3,(H,37,41)(H,38,40)/t18-,23+/m1/s1. The van der Waals surface area contributed by atoms with Crippen molar-refractivity contribution in [1.29, 1.82) is 0 Å². The highest BCUT2D eigenvalue weighted by Gasteiger charge is 2.29. The number of carbonyl (C=O) groups is 2. The van der Waals surface area contributed by atoms with Crippen LogP contribution in [0.5, 0.6) is 5.75 Å². The number of fused-ring (bicyclic) bond motifs is 4. The number of hydrogen-bond acceptors (Lipinski definition) is 5. The third kappa shape index (κ3) is 6.16. The quantitative estimate of drug-likeness (QED) is 0.138. The molecule has 44 heavy (non-hydrogen) atoms. The molecule has 1 aromatic heterocycles. The zero-order chi connectivity index (χ0) is 31.5. The molecule has 4 aromatic rings. The minimum absolute atomic E-state index is 0.0683. The van der Waals surface area contributed by atoms with Gasteiger partial charge < -0.3 is 20.0 Å². The summed E-state index contributed by atoms with van der Waals surface area (Å²) in [5.41, 5.74) is 3.03. The van der Waals surface area contributed by atoms with Crippen LogP contribution in [0.1, 0.15) is 43.4 Å². The van der Waals surface area contributed by atoms with Gasteiger partial charge in [-0.3, -0.25) is 10.1 Å². The second-order valence-electron chi connectivity index (χ2n) is 10.6. The van der Waals surface area contributed by atoms with Gasteiger partial charge in [-0.05, 0) is 48.2 Å². The van der Waals surface area contributed by atoms with Crippen molar-refractivity contribution in [3.05, 3.63) is 100.0 Å². The molecule has 2 N–H and O–H groups in total. The average molecular weight is 622 g/mol. The Morgan fingerprint density at radius 1 is 1.07 bits per heavy atom. The van der Waals surface area contributed by atoms with Gasteiger partial charge in [-0.15, -0.1) is 0 Å². The number of nitrogens with zero attached hydrogens (tertiary/aromatic N) is 1. The van der Waals surface area contributed by atoms with E-state index in [0.29, 0.717) is 46.6 Å². The molecule has 8 nitrogen and oxygen atoms in total. The number of rotatable bonds is 4. The average Bonchev–Trinajstić information content (AvgIpc) is 3.01. The summed E-state index contributed by atoms with van der Waals surface area (Å²) >= 11 is 5.92. The first kappa shape index (κ1) is 30.7. The van der Waals surface area contributed by atoms with Crippen molar-refractivity contribution in [3.8, 4) is 28.0 Å². The molecule has 1 aliphatic rings. The molecule has 228 valence electrons. The first-order valence-electron chi connectivity index (χ1n) is 14.0. The van der Waals surface area contributed by atoms with Gasteiger partial charge in [-0.2, -0.15) is 4.73 Å². The molecule has 2 bridgehead atoms. The molecule has 0 radical (unpaired) electrons. The predicted molar refractivity (Wildman–Crippen MR) is 164 cm³/mol. The van der Waals surface area contributed by atoms with Crippen LogP contribution >= 0.6 is 11.6 Å². The Labute approximate surface area is 258 Å². The fraction of sp³-hybridized carbons (Fsp3) is 0.242. The summed E-state index contributed by atoms with van der Waals surface area (Å²) in [5.74, 6) is -2.75. The van der Waals surface area contributed by atoms with E-state index >= 15 is 0 Å². The van der Waals surface area contributed by atoms with Crippen molar-refractivity contribution in [3.63, 3.8) is 0 Å². The molecule has 2 amide bonds. The van der Waals surface area contributed by atoms with Crippen LogP contribution in [0, 0.1) is 22.8 Å². The molecular formula is C33H30ClF2N3O5. The van der Waals surface area contributed by atoms with Gasteiger partial charge in [0.25, 0.3) is 0 Å². The summed E-state index contributed by atoms with van der Waals surface area (Å²) in [4.78, 5) is 25.0. The first-order chi connectivity index (χ1) is 21.1. The highest BCUT2D eigenvalue weighted by molar-refractivity contribution is 6.31. The van der Waals surface area contributed by atoms with Crippen LogP contribution in [0.4, 0.5) is 25.0 Å². The minimum Gasteiger partial charge on any atom is -0.618 e. The molecule has 0 saturated heterocycles. The van der Waals surface area contributed by atoms with Crippen molar-refractivity contribution >= 4 is 35.0 Å². The molecule has 0 aliphatic carbocycles. The molecule has 11 heteroatoms. The van der Waals surface area contributed by atoms with Gasteiger partial charge in [-0.25, -0.2) is 13.6 Å². The van der Waals surface area contributed by atoms with Crippen LogP contribution < -0.4 is 20.1 Å². The molecule has 0 spiro atoms. The fourth-order valence-electron chi connectivity index (χ4n) is 5.49. The van der Waals surface area contributed by atoms with Gasteiger partial charge in [0.1, 0.15) is 11.6 Å². The van der Waals surface area contributed by atoms with Gasteiger partial charge in [0.05, 0.1) is 48.0 Å². The number of ether oxygens (including phenoxy) is 2. The Balaban J connectivity index is 1.64. The number of pyridine rings is 1. The molecule has 0 fully saturated rings. The maximum Gasteiger partial charge on any atom is 0.411 e.